The lowest BCUT2D eigenvalue weighted by atomic mass is 9.83. The van der Waals surface area contributed by atoms with Crippen LogP contribution in [0.2, 0.25) is 10.0 Å². The van der Waals surface area contributed by atoms with E-state index in [0.29, 0.717) is 41.4 Å². The number of piperidine rings is 1. The van der Waals surface area contributed by atoms with Gasteiger partial charge < -0.3 is 20.0 Å². The Labute approximate surface area is 154 Å². The monoisotopic (exact) mass is 384 g/mol. The maximum absolute atomic E-state index is 12.8. The van der Waals surface area contributed by atoms with E-state index in [1.165, 1.54) is 17.0 Å². The highest BCUT2D eigenvalue weighted by molar-refractivity contribution is 6.42. The van der Waals surface area contributed by atoms with E-state index in [2.05, 4.69) is 0 Å². The van der Waals surface area contributed by atoms with E-state index < -0.39 is 18.2 Å². The summed E-state index contributed by atoms with van der Waals surface area (Å²) < 4.78 is 0. The van der Waals surface area contributed by atoms with Gasteiger partial charge in [0.1, 0.15) is 17.8 Å². The molecule has 0 aromatic heterocycles. The summed E-state index contributed by atoms with van der Waals surface area (Å²) in [5.41, 5.74) is 0.539. The maximum Gasteiger partial charge on any atom is 0.246 e. The lowest BCUT2D eigenvalue weighted by molar-refractivity contribution is -0.161. The fourth-order valence-corrected chi connectivity index (χ4v) is 4.82. The van der Waals surface area contributed by atoms with Crippen molar-refractivity contribution in [2.24, 2.45) is 0 Å². The van der Waals surface area contributed by atoms with Crippen LogP contribution >= 0.6 is 23.2 Å². The fraction of sp³-hybridized carbons (Fsp3) is 0.529. The second-order valence-corrected chi connectivity index (χ2v) is 7.74. The molecule has 0 radical (unpaired) electrons. The molecule has 1 aromatic carbocycles. The second-order valence-electron chi connectivity index (χ2n) is 6.96. The highest BCUT2D eigenvalue weighted by Crippen LogP contribution is 2.44. The van der Waals surface area contributed by atoms with Crippen LogP contribution in [0.1, 0.15) is 30.7 Å². The number of aliphatic hydroxyl groups is 1. The van der Waals surface area contributed by atoms with Crippen LogP contribution in [0.4, 0.5) is 0 Å². The van der Waals surface area contributed by atoms with Crippen molar-refractivity contribution in [1.29, 1.82) is 0 Å². The van der Waals surface area contributed by atoms with Crippen molar-refractivity contribution < 1.29 is 19.8 Å². The number of rotatable bonds is 1. The summed E-state index contributed by atoms with van der Waals surface area (Å²) in [7, 11) is 0. The number of nitrogens with zero attached hydrogens (tertiary/aromatic N) is 2. The Bertz CT molecular complexity index is 756. The number of hydrogen-bond acceptors (Lipinski definition) is 4. The number of carbonyl (C=O) groups excluding carboxylic acids is 2. The highest BCUT2D eigenvalue weighted by Gasteiger charge is 2.52. The molecular formula is C17H18Cl2N2O4. The molecule has 2 N–H and O–H groups in total. The number of phenolic OH excluding ortho intramolecular Hbond substituents is 1. The molecule has 3 aliphatic rings. The molecule has 0 aliphatic carbocycles. The minimum atomic E-state index is -0.651. The van der Waals surface area contributed by atoms with Gasteiger partial charge in [0.25, 0.3) is 0 Å². The number of halogens is 2. The number of hydrogen-bond donors (Lipinski definition) is 2. The van der Waals surface area contributed by atoms with Gasteiger partial charge in [0.15, 0.2) is 0 Å². The molecule has 3 aliphatic heterocycles. The lowest BCUT2D eigenvalue weighted by Crippen LogP contribution is -2.64. The smallest absolute Gasteiger partial charge is 0.246 e. The summed E-state index contributed by atoms with van der Waals surface area (Å²) in [6.45, 7) is 0.621. The first-order valence-electron chi connectivity index (χ1n) is 8.34. The van der Waals surface area contributed by atoms with Crippen LogP contribution in [0.15, 0.2) is 12.1 Å². The average Bonchev–Trinajstić information content (AvgIpc) is 2.98. The minimum Gasteiger partial charge on any atom is -0.508 e. The van der Waals surface area contributed by atoms with E-state index in [9.17, 15) is 19.8 Å². The molecule has 3 saturated heterocycles. The van der Waals surface area contributed by atoms with Gasteiger partial charge in [0.2, 0.25) is 11.8 Å². The number of aromatic hydroxyl groups is 1. The quantitative estimate of drug-likeness (QED) is 0.772. The van der Waals surface area contributed by atoms with Gasteiger partial charge in [-0.15, -0.1) is 0 Å². The maximum atomic E-state index is 12.8. The van der Waals surface area contributed by atoms with Gasteiger partial charge in [-0.05, 0) is 30.9 Å². The van der Waals surface area contributed by atoms with Crippen LogP contribution in [0.3, 0.4) is 0 Å². The number of aliphatic hydroxyl groups excluding tert-OH is 1. The molecule has 4 atom stereocenters. The molecule has 0 bridgehead atoms. The first-order chi connectivity index (χ1) is 11.9. The topological polar surface area (TPSA) is 81.1 Å². The summed E-state index contributed by atoms with van der Waals surface area (Å²) in [6, 6.07) is 1.90. The van der Waals surface area contributed by atoms with Crippen molar-refractivity contribution >= 4 is 35.0 Å². The molecule has 3 heterocycles. The number of carbonyl (C=O) groups is 2. The van der Waals surface area contributed by atoms with Crippen LogP contribution in [-0.2, 0) is 9.59 Å². The van der Waals surface area contributed by atoms with E-state index in [-0.39, 0.29) is 30.0 Å². The molecule has 6 nitrogen and oxygen atoms in total. The Morgan fingerprint density at radius 1 is 1.04 bits per heavy atom. The Hall–Kier alpha value is -1.50. The third-order valence-corrected chi connectivity index (χ3v) is 6.35. The molecule has 8 heteroatoms. The number of amides is 2. The van der Waals surface area contributed by atoms with Gasteiger partial charge in [-0.25, -0.2) is 0 Å². The molecule has 134 valence electrons. The molecule has 0 spiro atoms. The summed E-state index contributed by atoms with van der Waals surface area (Å²) in [5, 5.41) is 20.7. The van der Waals surface area contributed by atoms with Crippen molar-refractivity contribution in [2.75, 3.05) is 13.1 Å². The Morgan fingerprint density at radius 3 is 2.48 bits per heavy atom. The van der Waals surface area contributed by atoms with Gasteiger partial charge >= 0.3 is 0 Å². The Morgan fingerprint density at radius 2 is 1.72 bits per heavy atom. The molecule has 1 aromatic rings. The summed E-state index contributed by atoms with van der Waals surface area (Å²) in [6.07, 6.45) is 0.634. The summed E-state index contributed by atoms with van der Waals surface area (Å²) in [4.78, 5) is 28.6. The van der Waals surface area contributed by atoms with Crippen LogP contribution < -0.4 is 0 Å². The van der Waals surface area contributed by atoms with Crippen LogP contribution in [-0.4, -0.2) is 63.1 Å². The molecule has 2 amide bonds. The molecular weight excluding hydrogens is 367 g/mol. The SMILES string of the molecule is O=C1[C@@H]2C[C@H](O)CN2C(=O)[C@H]2CC(c3c(O)ccc(Cl)c3Cl)CCN12. The van der Waals surface area contributed by atoms with Crippen molar-refractivity contribution in [3.63, 3.8) is 0 Å². The van der Waals surface area contributed by atoms with Crippen LogP contribution in [0.5, 0.6) is 5.75 Å². The highest BCUT2D eigenvalue weighted by atomic mass is 35.5. The van der Waals surface area contributed by atoms with Crippen LogP contribution in [0.25, 0.3) is 0 Å². The summed E-state index contributed by atoms with van der Waals surface area (Å²) >= 11 is 12.4. The van der Waals surface area contributed by atoms with Gasteiger partial charge in [0.05, 0.1) is 16.1 Å². The van der Waals surface area contributed by atoms with Crippen LogP contribution in [0, 0.1) is 0 Å². The first kappa shape index (κ1) is 16.9. The Balaban J connectivity index is 1.64. The largest absolute Gasteiger partial charge is 0.508 e. The summed E-state index contributed by atoms with van der Waals surface area (Å²) in [5.74, 6) is -0.338. The molecule has 25 heavy (non-hydrogen) atoms. The average molecular weight is 385 g/mol. The fourth-order valence-electron chi connectivity index (χ4n) is 4.34. The number of fused-ring (bicyclic) bond motifs is 2. The minimum absolute atomic E-state index is 0.0527. The predicted molar refractivity (Wildman–Crippen MR) is 91.7 cm³/mol. The van der Waals surface area contributed by atoms with Gasteiger partial charge in [-0.1, -0.05) is 23.2 Å². The van der Waals surface area contributed by atoms with E-state index in [0.717, 1.165) is 0 Å². The van der Waals surface area contributed by atoms with Gasteiger partial charge in [-0.2, -0.15) is 0 Å². The van der Waals surface area contributed by atoms with Crippen molar-refractivity contribution in [3.05, 3.63) is 27.7 Å². The van der Waals surface area contributed by atoms with E-state index >= 15 is 0 Å². The molecule has 3 fully saturated rings. The predicted octanol–water partition coefficient (Wildman–Crippen LogP) is 1.75. The van der Waals surface area contributed by atoms with Crippen molar-refractivity contribution in [2.45, 2.75) is 43.4 Å². The van der Waals surface area contributed by atoms with Gasteiger partial charge in [-0.3, -0.25) is 9.59 Å². The van der Waals surface area contributed by atoms with E-state index in [4.69, 9.17) is 23.2 Å². The van der Waals surface area contributed by atoms with Crippen molar-refractivity contribution in [1.82, 2.24) is 9.80 Å². The molecule has 4 rings (SSSR count). The zero-order valence-corrected chi connectivity index (χ0v) is 14.9. The number of benzene rings is 1. The third kappa shape index (κ3) is 2.58. The van der Waals surface area contributed by atoms with E-state index in [1.807, 2.05) is 0 Å². The molecule has 1 unspecified atom stereocenters. The second kappa shape index (κ2) is 6.04. The number of phenols is 1. The standard InChI is InChI=1S/C17H18Cl2N2O4/c18-10-1-2-13(23)14(15(10)19)8-3-4-20-11(5-8)17(25)21-7-9(22)6-12(21)16(20)24/h1-2,8-9,11-12,22-23H,3-7H2/t8?,9-,11+,12-/m0/s1. The lowest BCUT2D eigenvalue weighted by Gasteiger charge is -2.46. The first-order valence-corrected chi connectivity index (χ1v) is 9.10. The van der Waals surface area contributed by atoms with Gasteiger partial charge in [0, 0.05) is 25.1 Å². The zero-order valence-electron chi connectivity index (χ0n) is 13.4. The number of piperazine rings is 1. The molecule has 0 saturated carbocycles. The Kier molecular flexibility index (Phi) is 4.09. The van der Waals surface area contributed by atoms with E-state index in [1.54, 1.807) is 4.90 Å². The van der Waals surface area contributed by atoms with Crippen molar-refractivity contribution in [3.8, 4) is 5.75 Å². The zero-order chi connectivity index (χ0) is 17.9. The third-order valence-electron chi connectivity index (χ3n) is 5.54. The normalized spacial score (nSPS) is 32.0.